The van der Waals surface area contributed by atoms with Gasteiger partial charge in [-0.05, 0) is 49.8 Å². The highest BCUT2D eigenvalue weighted by molar-refractivity contribution is 7.53. The van der Waals surface area contributed by atoms with Crippen LogP contribution in [-0.4, -0.2) is 32.3 Å². The van der Waals surface area contributed by atoms with E-state index in [1.165, 1.54) is 12.1 Å². The van der Waals surface area contributed by atoms with Crippen molar-refractivity contribution in [3.8, 4) is 0 Å². The van der Waals surface area contributed by atoms with Crippen LogP contribution in [0.2, 0.25) is 0 Å². The normalized spacial score (nSPS) is 28.9. The summed E-state index contributed by atoms with van der Waals surface area (Å²) in [5.41, 5.74) is -1.16. The lowest BCUT2D eigenvalue weighted by Gasteiger charge is -2.44. The largest absolute Gasteiger partial charge is 0.338 e. The smallest absolute Gasteiger partial charge is 0.331 e. The van der Waals surface area contributed by atoms with Gasteiger partial charge in [-0.25, -0.2) is 4.39 Å². The summed E-state index contributed by atoms with van der Waals surface area (Å²) in [6.07, 6.45) is 3.45. The fourth-order valence-corrected chi connectivity index (χ4v) is 6.67. The van der Waals surface area contributed by atoms with Crippen LogP contribution in [0.15, 0.2) is 24.3 Å². The zero-order valence-corrected chi connectivity index (χ0v) is 15.5. The molecule has 3 atom stereocenters. The topological polar surface area (TPSA) is 77.8 Å². The molecule has 2 N–H and O–H groups in total. The Morgan fingerprint density at radius 2 is 1.80 bits per heavy atom. The highest BCUT2D eigenvalue weighted by Gasteiger charge is 2.64. The Morgan fingerprint density at radius 3 is 2.32 bits per heavy atom. The van der Waals surface area contributed by atoms with E-state index in [2.05, 4.69) is 0 Å². The van der Waals surface area contributed by atoms with E-state index in [4.69, 9.17) is 0 Å². The van der Waals surface area contributed by atoms with Crippen LogP contribution < -0.4 is 0 Å². The van der Waals surface area contributed by atoms with Crippen molar-refractivity contribution in [1.29, 1.82) is 0 Å². The SMILES string of the molecule is CCC1(CC)C(P(=O)(O)O)C(=O)N2[C@H](c3ccc(F)cc3)CCC[C@@H]21. The van der Waals surface area contributed by atoms with Crippen molar-refractivity contribution in [1.82, 2.24) is 4.90 Å². The van der Waals surface area contributed by atoms with E-state index in [1.807, 2.05) is 13.8 Å². The molecule has 2 saturated heterocycles. The quantitative estimate of drug-likeness (QED) is 0.795. The van der Waals surface area contributed by atoms with Crippen LogP contribution in [0.5, 0.6) is 0 Å². The maximum atomic E-state index is 13.3. The number of fused-ring (bicyclic) bond motifs is 1. The number of hydrogen-bond donors (Lipinski definition) is 2. The summed E-state index contributed by atoms with van der Waals surface area (Å²) in [7, 11) is -4.57. The highest BCUT2D eigenvalue weighted by atomic mass is 31.2. The van der Waals surface area contributed by atoms with E-state index in [0.29, 0.717) is 12.8 Å². The molecule has 0 spiro atoms. The minimum Gasteiger partial charge on any atom is -0.331 e. The number of rotatable bonds is 4. The third-order valence-electron chi connectivity index (χ3n) is 6.23. The number of hydrogen-bond acceptors (Lipinski definition) is 2. The van der Waals surface area contributed by atoms with Gasteiger partial charge in [0.05, 0.1) is 6.04 Å². The van der Waals surface area contributed by atoms with Crippen molar-refractivity contribution in [3.05, 3.63) is 35.6 Å². The van der Waals surface area contributed by atoms with Crippen molar-refractivity contribution in [2.45, 2.75) is 63.7 Å². The first kappa shape index (κ1) is 18.6. The fraction of sp³-hybridized carbons (Fsp3) is 0.611. The van der Waals surface area contributed by atoms with Gasteiger partial charge in [0.1, 0.15) is 11.5 Å². The van der Waals surface area contributed by atoms with Gasteiger partial charge in [0.15, 0.2) is 0 Å². The standard InChI is InChI=1S/C18H25FNO4P/c1-3-18(4-2)15-7-5-6-14(12-8-10-13(19)11-9-12)20(15)17(21)16(18)25(22,23)24/h8-11,14-16H,3-7H2,1-2H3,(H2,22,23,24)/t14-,15+,16?/m0/s1. The number of carbonyl (C=O) groups excluding carboxylic acids is 1. The number of benzene rings is 1. The van der Waals surface area contributed by atoms with Gasteiger partial charge in [0, 0.05) is 11.5 Å². The van der Waals surface area contributed by atoms with E-state index in [9.17, 15) is 23.5 Å². The Kier molecular flexibility index (Phi) is 4.82. The maximum absolute atomic E-state index is 13.3. The molecule has 0 saturated carbocycles. The lowest BCUT2D eigenvalue weighted by Crippen LogP contribution is -2.45. The predicted octanol–water partition coefficient (Wildman–Crippen LogP) is 3.61. The second kappa shape index (κ2) is 6.49. The first-order chi connectivity index (χ1) is 11.8. The number of amides is 1. The average Bonchev–Trinajstić information content (AvgIpc) is 2.85. The van der Waals surface area contributed by atoms with Crippen LogP contribution in [0.3, 0.4) is 0 Å². The van der Waals surface area contributed by atoms with Gasteiger partial charge in [-0.2, -0.15) is 0 Å². The number of carbonyl (C=O) groups is 1. The second-order valence-corrected chi connectivity index (χ2v) is 8.89. The number of nitrogens with zero attached hydrogens (tertiary/aromatic N) is 1. The molecule has 138 valence electrons. The van der Waals surface area contributed by atoms with E-state index < -0.39 is 24.6 Å². The van der Waals surface area contributed by atoms with Crippen molar-refractivity contribution < 1.29 is 23.5 Å². The molecule has 5 nitrogen and oxygen atoms in total. The van der Waals surface area contributed by atoms with E-state index >= 15 is 0 Å². The monoisotopic (exact) mass is 369 g/mol. The van der Waals surface area contributed by atoms with Gasteiger partial charge < -0.3 is 14.7 Å². The molecule has 7 heteroatoms. The van der Waals surface area contributed by atoms with Crippen LogP contribution in [-0.2, 0) is 9.36 Å². The Hall–Kier alpha value is -1.23. The molecule has 2 fully saturated rings. The molecule has 0 aromatic heterocycles. The van der Waals surface area contributed by atoms with Gasteiger partial charge >= 0.3 is 7.60 Å². The van der Waals surface area contributed by atoms with Crippen molar-refractivity contribution in [3.63, 3.8) is 0 Å². The molecule has 2 aliphatic rings. The summed E-state index contributed by atoms with van der Waals surface area (Å²) in [5.74, 6) is -0.788. The lowest BCUT2D eigenvalue weighted by atomic mass is 9.72. The van der Waals surface area contributed by atoms with Crippen LogP contribution in [0.4, 0.5) is 4.39 Å². The summed E-state index contributed by atoms with van der Waals surface area (Å²) in [5, 5.41) is 0. The fourth-order valence-electron chi connectivity index (χ4n) is 5.04. The molecule has 3 rings (SSSR count). The maximum Gasteiger partial charge on any atom is 0.338 e. The molecule has 0 aliphatic carbocycles. The zero-order chi connectivity index (χ0) is 18.4. The van der Waals surface area contributed by atoms with Crippen LogP contribution in [0.25, 0.3) is 0 Å². The van der Waals surface area contributed by atoms with Crippen LogP contribution in [0.1, 0.15) is 57.6 Å². The Labute approximate surface area is 147 Å². The van der Waals surface area contributed by atoms with Crippen molar-refractivity contribution in [2.75, 3.05) is 0 Å². The Morgan fingerprint density at radius 1 is 1.20 bits per heavy atom. The van der Waals surface area contributed by atoms with E-state index in [1.54, 1.807) is 17.0 Å². The summed E-state index contributed by atoms with van der Waals surface area (Å²) in [4.78, 5) is 34.7. The third-order valence-corrected chi connectivity index (χ3v) is 7.64. The first-order valence-corrected chi connectivity index (χ1v) is 10.6. The average molecular weight is 369 g/mol. The predicted molar refractivity (Wildman–Crippen MR) is 92.5 cm³/mol. The van der Waals surface area contributed by atoms with Crippen molar-refractivity contribution in [2.24, 2.45) is 5.41 Å². The van der Waals surface area contributed by atoms with Gasteiger partial charge in [0.25, 0.3) is 0 Å². The van der Waals surface area contributed by atoms with Crippen LogP contribution in [0, 0.1) is 11.2 Å². The molecular formula is C18H25FNO4P. The second-order valence-electron chi connectivity index (χ2n) is 7.19. The van der Waals surface area contributed by atoms with Crippen molar-refractivity contribution >= 4 is 13.5 Å². The molecule has 2 aliphatic heterocycles. The minimum atomic E-state index is -4.57. The summed E-state index contributed by atoms with van der Waals surface area (Å²) >= 11 is 0. The van der Waals surface area contributed by atoms with Gasteiger partial charge in [0.2, 0.25) is 5.91 Å². The molecule has 1 unspecified atom stereocenters. The van der Waals surface area contributed by atoms with E-state index in [0.717, 1.165) is 24.8 Å². The summed E-state index contributed by atoms with van der Waals surface area (Å²) in [6.45, 7) is 3.81. The molecule has 0 radical (unpaired) electrons. The molecule has 2 heterocycles. The minimum absolute atomic E-state index is 0.184. The molecule has 0 bridgehead atoms. The van der Waals surface area contributed by atoms with Gasteiger partial charge in [-0.15, -0.1) is 0 Å². The summed E-state index contributed by atoms with van der Waals surface area (Å²) in [6, 6.07) is 5.64. The summed E-state index contributed by atoms with van der Waals surface area (Å²) < 4.78 is 25.5. The number of halogens is 1. The van der Waals surface area contributed by atoms with Gasteiger partial charge in [-0.1, -0.05) is 26.0 Å². The first-order valence-electron chi connectivity index (χ1n) is 8.89. The highest BCUT2D eigenvalue weighted by Crippen LogP contribution is 2.62. The zero-order valence-electron chi connectivity index (χ0n) is 14.6. The van der Waals surface area contributed by atoms with E-state index in [-0.39, 0.29) is 17.9 Å². The Balaban J connectivity index is 2.09. The molecule has 1 amide bonds. The third kappa shape index (κ3) is 2.84. The lowest BCUT2D eigenvalue weighted by molar-refractivity contribution is -0.132. The van der Waals surface area contributed by atoms with Crippen LogP contribution >= 0.6 is 7.60 Å². The molecule has 1 aromatic rings. The van der Waals surface area contributed by atoms with Gasteiger partial charge in [-0.3, -0.25) is 9.36 Å². The number of piperidine rings is 1. The molecular weight excluding hydrogens is 344 g/mol. The molecule has 25 heavy (non-hydrogen) atoms. The Bertz CT molecular complexity index is 698. The molecule has 1 aromatic carbocycles.